The predicted octanol–water partition coefficient (Wildman–Crippen LogP) is 5.03. The molecule has 6 nitrogen and oxygen atoms in total. The van der Waals surface area contributed by atoms with Crippen LogP contribution in [0.3, 0.4) is 0 Å². The zero-order valence-electron chi connectivity index (χ0n) is 19.7. The zero-order chi connectivity index (χ0) is 23.3. The van der Waals surface area contributed by atoms with Crippen molar-refractivity contribution in [2.75, 3.05) is 23.4 Å². The average molecular weight is 461 g/mol. The maximum atomic E-state index is 13.5. The highest BCUT2D eigenvalue weighted by Crippen LogP contribution is 2.60. The molecule has 178 valence electrons. The minimum atomic E-state index is -0.559. The third-order valence-electron chi connectivity index (χ3n) is 8.27. The fourth-order valence-corrected chi connectivity index (χ4v) is 7.14. The summed E-state index contributed by atoms with van der Waals surface area (Å²) in [7, 11) is 0. The van der Waals surface area contributed by atoms with Crippen LogP contribution in [0.2, 0.25) is 0 Å². The Morgan fingerprint density at radius 3 is 2.41 bits per heavy atom. The third-order valence-corrected chi connectivity index (χ3v) is 8.27. The fourth-order valence-electron chi connectivity index (χ4n) is 7.14. The number of para-hydroxylation sites is 1. The van der Waals surface area contributed by atoms with E-state index in [1.54, 1.807) is 11.8 Å². The summed E-state index contributed by atoms with van der Waals surface area (Å²) in [6, 6.07) is 15.2. The van der Waals surface area contributed by atoms with Gasteiger partial charge >= 0.3 is 0 Å². The molecule has 0 saturated heterocycles. The van der Waals surface area contributed by atoms with Crippen molar-refractivity contribution in [3.63, 3.8) is 0 Å². The van der Waals surface area contributed by atoms with E-state index in [0.717, 1.165) is 30.7 Å². The molecule has 1 N–H and O–H groups in total. The van der Waals surface area contributed by atoms with Gasteiger partial charge in [-0.25, -0.2) is 0 Å². The molecule has 0 spiro atoms. The summed E-state index contributed by atoms with van der Waals surface area (Å²) in [4.78, 5) is 28.2. The molecule has 1 heterocycles. The maximum Gasteiger partial charge on any atom is 0.267 e. The molecular weight excluding hydrogens is 428 g/mol. The first-order valence-corrected chi connectivity index (χ1v) is 12.6. The number of benzene rings is 2. The molecule has 4 bridgehead atoms. The van der Waals surface area contributed by atoms with Gasteiger partial charge in [0.1, 0.15) is 18.1 Å². The van der Waals surface area contributed by atoms with Gasteiger partial charge in [0.15, 0.2) is 6.10 Å². The lowest BCUT2D eigenvalue weighted by Gasteiger charge is -2.55. The molecule has 2 amide bonds. The third kappa shape index (κ3) is 3.83. The van der Waals surface area contributed by atoms with Crippen LogP contribution in [-0.4, -0.2) is 31.1 Å². The summed E-state index contributed by atoms with van der Waals surface area (Å²) in [6.07, 6.45) is 6.44. The number of rotatable bonds is 6. The molecule has 1 atom stereocenters. The molecule has 34 heavy (non-hydrogen) atoms. The molecule has 4 saturated carbocycles. The normalized spacial score (nSPS) is 31.1. The van der Waals surface area contributed by atoms with E-state index in [0.29, 0.717) is 42.3 Å². The minimum absolute atomic E-state index is 0.103. The molecule has 6 heteroatoms. The van der Waals surface area contributed by atoms with Crippen molar-refractivity contribution in [2.45, 2.75) is 51.6 Å². The molecule has 0 radical (unpaired) electrons. The Kier molecular flexibility index (Phi) is 5.27. The van der Waals surface area contributed by atoms with Gasteiger partial charge in [0.25, 0.3) is 5.91 Å². The van der Waals surface area contributed by atoms with Gasteiger partial charge in [0, 0.05) is 5.69 Å². The second-order valence-corrected chi connectivity index (χ2v) is 10.7. The van der Waals surface area contributed by atoms with Gasteiger partial charge in [0.2, 0.25) is 5.91 Å². The number of hydrogen-bond acceptors (Lipinski definition) is 4. The van der Waals surface area contributed by atoms with Crippen molar-refractivity contribution in [1.82, 2.24) is 0 Å². The smallest absolute Gasteiger partial charge is 0.267 e. The molecule has 1 unspecified atom stereocenters. The van der Waals surface area contributed by atoms with E-state index in [4.69, 9.17) is 9.47 Å². The lowest BCUT2D eigenvalue weighted by Crippen LogP contribution is -2.51. The molecule has 7 rings (SSSR count). The maximum absolute atomic E-state index is 13.5. The topological polar surface area (TPSA) is 67.9 Å². The first kappa shape index (κ1) is 21.5. The van der Waals surface area contributed by atoms with Gasteiger partial charge in [-0.2, -0.15) is 0 Å². The van der Waals surface area contributed by atoms with Gasteiger partial charge in [-0.1, -0.05) is 18.2 Å². The highest BCUT2D eigenvalue weighted by Gasteiger charge is 2.54. The summed E-state index contributed by atoms with van der Waals surface area (Å²) >= 11 is 0. The summed E-state index contributed by atoms with van der Waals surface area (Å²) in [5, 5.41) is 3.21. The Labute approximate surface area is 200 Å². The van der Waals surface area contributed by atoms with E-state index >= 15 is 0 Å². The SMILES string of the molecule is CC1Oc2ccc(NC(=O)C34CC5CC(CC(C5)C3)C4)cc2N(CCOc2ccccc2)C1=O. The first-order chi connectivity index (χ1) is 16.5. The monoisotopic (exact) mass is 460 g/mol. The summed E-state index contributed by atoms with van der Waals surface area (Å²) in [6.45, 7) is 2.53. The lowest BCUT2D eigenvalue weighted by atomic mass is 9.49. The van der Waals surface area contributed by atoms with Gasteiger partial charge in [-0.3, -0.25) is 9.59 Å². The number of hydrogen-bond donors (Lipinski definition) is 1. The van der Waals surface area contributed by atoms with Crippen LogP contribution in [0.4, 0.5) is 11.4 Å². The van der Waals surface area contributed by atoms with E-state index in [1.165, 1.54) is 19.3 Å². The number of carbonyl (C=O) groups is 2. The van der Waals surface area contributed by atoms with Crippen LogP contribution >= 0.6 is 0 Å². The van der Waals surface area contributed by atoms with Crippen molar-refractivity contribution in [3.8, 4) is 11.5 Å². The highest BCUT2D eigenvalue weighted by molar-refractivity contribution is 6.01. The molecule has 2 aromatic carbocycles. The standard InChI is InChI=1S/C28H32N2O4/c1-18-26(31)30(9-10-33-23-5-3-2-4-6-23)24-14-22(7-8-25(24)34-18)29-27(32)28-15-19-11-20(16-28)13-21(12-19)17-28/h2-8,14,18-21H,9-13,15-17H2,1H3,(H,29,32). The number of anilines is 2. The molecule has 4 aliphatic carbocycles. The Balaban J connectivity index is 1.19. The first-order valence-electron chi connectivity index (χ1n) is 12.6. The van der Waals surface area contributed by atoms with Crippen LogP contribution in [0, 0.1) is 23.2 Å². The van der Waals surface area contributed by atoms with Crippen LogP contribution in [0.25, 0.3) is 0 Å². The minimum Gasteiger partial charge on any atom is -0.492 e. The summed E-state index contributed by atoms with van der Waals surface area (Å²) < 4.78 is 11.7. The fraction of sp³-hybridized carbons (Fsp3) is 0.500. The van der Waals surface area contributed by atoms with Crippen molar-refractivity contribution in [1.29, 1.82) is 0 Å². The highest BCUT2D eigenvalue weighted by atomic mass is 16.5. The molecule has 4 fully saturated rings. The number of nitrogens with zero attached hydrogens (tertiary/aromatic N) is 1. The largest absolute Gasteiger partial charge is 0.492 e. The Bertz CT molecular complexity index is 1060. The van der Waals surface area contributed by atoms with Crippen LogP contribution < -0.4 is 19.7 Å². The van der Waals surface area contributed by atoms with E-state index in [2.05, 4.69) is 5.32 Å². The van der Waals surface area contributed by atoms with E-state index in [-0.39, 0.29) is 17.2 Å². The Hall–Kier alpha value is -3.02. The molecule has 1 aliphatic heterocycles. The Morgan fingerprint density at radius 1 is 1.06 bits per heavy atom. The average Bonchev–Trinajstić information content (AvgIpc) is 2.82. The van der Waals surface area contributed by atoms with Crippen molar-refractivity contribution in [2.24, 2.45) is 23.2 Å². The number of nitrogens with one attached hydrogen (secondary N) is 1. The van der Waals surface area contributed by atoms with Crippen molar-refractivity contribution >= 4 is 23.2 Å². The molecular formula is C28H32N2O4. The Morgan fingerprint density at radius 2 is 1.74 bits per heavy atom. The number of fused-ring (bicyclic) bond motifs is 1. The quantitative estimate of drug-likeness (QED) is 0.656. The number of amides is 2. The molecule has 5 aliphatic rings. The molecule has 0 aromatic heterocycles. The summed E-state index contributed by atoms with van der Waals surface area (Å²) in [5.41, 5.74) is 1.19. The zero-order valence-corrected chi connectivity index (χ0v) is 19.7. The van der Waals surface area contributed by atoms with Crippen LogP contribution in [0.5, 0.6) is 11.5 Å². The van der Waals surface area contributed by atoms with Crippen LogP contribution in [0.1, 0.15) is 45.4 Å². The predicted molar refractivity (Wildman–Crippen MR) is 130 cm³/mol. The van der Waals surface area contributed by atoms with Crippen molar-refractivity contribution in [3.05, 3.63) is 48.5 Å². The van der Waals surface area contributed by atoms with Crippen LogP contribution in [0.15, 0.2) is 48.5 Å². The number of ether oxygens (including phenoxy) is 2. The van der Waals surface area contributed by atoms with Gasteiger partial charge in [-0.05, 0) is 93.5 Å². The van der Waals surface area contributed by atoms with Crippen LogP contribution in [-0.2, 0) is 9.59 Å². The van der Waals surface area contributed by atoms with E-state index in [1.807, 2.05) is 48.5 Å². The summed E-state index contributed by atoms with van der Waals surface area (Å²) in [5.74, 6) is 3.62. The lowest BCUT2D eigenvalue weighted by molar-refractivity contribution is -0.140. The van der Waals surface area contributed by atoms with Gasteiger partial charge in [0.05, 0.1) is 17.6 Å². The second-order valence-electron chi connectivity index (χ2n) is 10.7. The molecule has 2 aromatic rings. The second kappa shape index (κ2) is 8.33. The van der Waals surface area contributed by atoms with Crippen molar-refractivity contribution < 1.29 is 19.1 Å². The number of carbonyl (C=O) groups excluding carboxylic acids is 2. The van der Waals surface area contributed by atoms with Gasteiger partial charge < -0.3 is 19.7 Å². The van der Waals surface area contributed by atoms with E-state index < -0.39 is 6.10 Å². The van der Waals surface area contributed by atoms with Gasteiger partial charge in [-0.15, -0.1) is 0 Å². The van der Waals surface area contributed by atoms with E-state index in [9.17, 15) is 9.59 Å².